The lowest BCUT2D eigenvalue weighted by Gasteiger charge is -2.38. The molecule has 0 amide bonds. The van der Waals surface area contributed by atoms with Crippen molar-refractivity contribution >= 4 is 0 Å². The molecule has 4 heteroatoms. The smallest absolute Gasteiger partial charge is 0.127 e. The summed E-state index contributed by atoms with van der Waals surface area (Å²) < 4.78 is 24.4. The van der Waals surface area contributed by atoms with E-state index in [0.717, 1.165) is 60.2 Å². The molecule has 51 heavy (non-hydrogen) atoms. The van der Waals surface area contributed by atoms with Crippen molar-refractivity contribution in [3.8, 4) is 44.9 Å². The Kier molecular flexibility index (Phi) is 7.83. The van der Waals surface area contributed by atoms with Gasteiger partial charge in [0.05, 0.1) is 45.1 Å². The average molecular weight is 671 g/mol. The monoisotopic (exact) mass is 670 g/mol. The first-order chi connectivity index (χ1) is 25.0. The molecule has 2 saturated heterocycles. The number of hydrogen-bond acceptors (Lipinski definition) is 4. The summed E-state index contributed by atoms with van der Waals surface area (Å²) in [5.74, 6) is 1.77. The zero-order valence-electron chi connectivity index (χ0n) is 29.2. The molecule has 0 saturated carbocycles. The van der Waals surface area contributed by atoms with E-state index in [2.05, 4.69) is 159 Å². The summed E-state index contributed by atoms with van der Waals surface area (Å²) in [5.41, 5.74) is 11.3. The fraction of sp³-hybridized carbons (Fsp3) is 0.234. The number of benzene rings is 6. The molecule has 0 atom stereocenters. The molecular weight excluding hydrogens is 629 g/mol. The van der Waals surface area contributed by atoms with E-state index in [4.69, 9.17) is 18.9 Å². The maximum absolute atomic E-state index is 6.65. The molecule has 254 valence electrons. The summed E-state index contributed by atoms with van der Waals surface area (Å²) in [7, 11) is 0. The fourth-order valence-corrected chi connectivity index (χ4v) is 8.06. The number of fused-ring (bicyclic) bond motifs is 3. The van der Waals surface area contributed by atoms with E-state index in [1.165, 1.54) is 33.4 Å². The first-order valence-electron chi connectivity index (χ1n) is 18.0. The second kappa shape index (κ2) is 12.6. The summed E-state index contributed by atoms with van der Waals surface area (Å²) in [6.07, 6.45) is 0. The van der Waals surface area contributed by atoms with E-state index < -0.39 is 5.41 Å². The number of rotatable bonds is 10. The summed E-state index contributed by atoms with van der Waals surface area (Å²) in [4.78, 5) is 0. The molecule has 0 aromatic heterocycles. The molecule has 0 unspecified atom stereocenters. The molecule has 2 heterocycles. The van der Waals surface area contributed by atoms with Gasteiger partial charge in [0, 0.05) is 22.0 Å². The van der Waals surface area contributed by atoms with E-state index in [9.17, 15) is 0 Å². The van der Waals surface area contributed by atoms with Gasteiger partial charge in [0.25, 0.3) is 0 Å². The molecule has 0 radical (unpaired) electrons. The zero-order valence-corrected chi connectivity index (χ0v) is 29.2. The minimum Gasteiger partial charge on any atom is -0.492 e. The predicted octanol–water partition coefficient (Wildman–Crippen LogP) is 10.2. The van der Waals surface area contributed by atoms with Gasteiger partial charge in [-0.15, -0.1) is 0 Å². The van der Waals surface area contributed by atoms with E-state index in [1.807, 2.05) is 0 Å². The molecule has 0 spiro atoms. The highest BCUT2D eigenvalue weighted by Gasteiger charge is 2.47. The summed E-state index contributed by atoms with van der Waals surface area (Å²) >= 11 is 0. The second-order valence-corrected chi connectivity index (χ2v) is 15.2. The van der Waals surface area contributed by atoms with Crippen molar-refractivity contribution in [1.82, 2.24) is 0 Å². The second-order valence-electron chi connectivity index (χ2n) is 15.2. The first kappa shape index (κ1) is 31.8. The van der Waals surface area contributed by atoms with Gasteiger partial charge in [0.2, 0.25) is 0 Å². The Morgan fingerprint density at radius 3 is 1.24 bits per heavy atom. The molecule has 6 aromatic carbocycles. The van der Waals surface area contributed by atoms with E-state index in [1.54, 1.807) is 0 Å². The van der Waals surface area contributed by atoms with Crippen molar-refractivity contribution in [3.05, 3.63) is 168 Å². The standard InChI is InChI=1S/C47H42O4/c1-45(27-48-28-45)31-50-43-23-21-35(25-39(43)33-13-5-3-6-14-33)47(41-19-11-9-17-37(41)38-18-10-12-20-42(38)47)36-22-24-44(51-32-46(2)29-49-30-46)40(26-36)34-15-7-4-8-16-34/h3-26H,27-32H2,1-2H3. The SMILES string of the molecule is CC1(COc2ccc(C3(c4ccc(OCC5(C)COC5)c(-c5ccccc5)c4)c4ccccc4-c4ccccc43)cc2-c2ccccc2)COC1. The minimum absolute atomic E-state index is 0.0257. The van der Waals surface area contributed by atoms with Crippen LogP contribution in [0.1, 0.15) is 36.1 Å². The van der Waals surface area contributed by atoms with Crippen LogP contribution in [0.3, 0.4) is 0 Å². The molecule has 0 N–H and O–H groups in total. The van der Waals surface area contributed by atoms with Crippen LogP contribution in [-0.2, 0) is 14.9 Å². The fourth-order valence-electron chi connectivity index (χ4n) is 8.06. The molecule has 6 aromatic rings. The Bertz CT molecular complexity index is 2040. The van der Waals surface area contributed by atoms with Crippen LogP contribution < -0.4 is 9.47 Å². The minimum atomic E-state index is -0.598. The molecule has 1 aliphatic carbocycles. The molecular formula is C47H42O4. The first-order valence-corrected chi connectivity index (χ1v) is 18.0. The molecule has 2 fully saturated rings. The Balaban J connectivity index is 1.27. The Morgan fingerprint density at radius 1 is 0.451 bits per heavy atom. The quantitative estimate of drug-likeness (QED) is 0.145. The predicted molar refractivity (Wildman–Crippen MR) is 203 cm³/mol. The maximum atomic E-state index is 6.65. The highest BCUT2D eigenvalue weighted by molar-refractivity contribution is 5.88. The van der Waals surface area contributed by atoms with Crippen LogP contribution >= 0.6 is 0 Å². The lowest BCUT2D eigenvalue weighted by molar-refractivity contribution is -0.120. The van der Waals surface area contributed by atoms with Gasteiger partial charge in [-0.05, 0) is 68.8 Å². The van der Waals surface area contributed by atoms with E-state index in [0.29, 0.717) is 13.2 Å². The molecule has 3 aliphatic rings. The topological polar surface area (TPSA) is 36.9 Å². The van der Waals surface area contributed by atoms with Gasteiger partial charge < -0.3 is 18.9 Å². The lowest BCUT2D eigenvalue weighted by atomic mass is 9.67. The highest BCUT2D eigenvalue weighted by atomic mass is 16.5. The Hall–Kier alpha value is -5.16. The highest BCUT2D eigenvalue weighted by Crippen LogP contribution is 2.57. The van der Waals surface area contributed by atoms with Crippen LogP contribution in [0.4, 0.5) is 0 Å². The van der Waals surface area contributed by atoms with Gasteiger partial charge in [-0.1, -0.05) is 135 Å². The van der Waals surface area contributed by atoms with Crippen molar-refractivity contribution in [2.75, 3.05) is 39.6 Å². The zero-order chi connectivity index (χ0) is 34.5. The van der Waals surface area contributed by atoms with E-state index >= 15 is 0 Å². The third-order valence-corrected chi connectivity index (χ3v) is 10.9. The van der Waals surface area contributed by atoms with Gasteiger partial charge >= 0.3 is 0 Å². The van der Waals surface area contributed by atoms with Gasteiger partial charge in [-0.3, -0.25) is 0 Å². The van der Waals surface area contributed by atoms with Crippen molar-refractivity contribution in [3.63, 3.8) is 0 Å². The molecule has 0 bridgehead atoms. The van der Waals surface area contributed by atoms with Crippen molar-refractivity contribution in [2.24, 2.45) is 10.8 Å². The average Bonchev–Trinajstić information content (AvgIpc) is 3.46. The van der Waals surface area contributed by atoms with Gasteiger partial charge in [0.1, 0.15) is 11.5 Å². The van der Waals surface area contributed by atoms with Crippen LogP contribution in [0.15, 0.2) is 146 Å². The number of ether oxygens (including phenoxy) is 4. The lowest BCUT2D eigenvalue weighted by Crippen LogP contribution is -2.44. The van der Waals surface area contributed by atoms with Crippen LogP contribution in [0.25, 0.3) is 33.4 Å². The molecule has 2 aliphatic heterocycles. The van der Waals surface area contributed by atoms with Crippen LogP contribution in [0.5, 0.6) is 11.5 Å². The third-order valence-electron chi connectivity index (χ3n) is 10.9. The molecule has 4 nitrogen and oxygen atoms in total. The largest absolute Gasteiger partial charge is 0.492 e. The van der Waals surface area contributed by atoms with Crippen molar-refractivity contribution in [1.29, 1.82) is 0 Å². The van der Waals surface area contributed by atoms with Gasteiger partial charge in [-0.25, -0.2) is 0 Å². The summed E-state index contributed by atoms with van der Waals surface area (Å²) in [6, 6.07) is 52.7. The van der Waals surface area contributed by atoms with Crippen LogP contribution in [0.2, 0.25) is 0 Å². The van der Waals surface area contributed by atoms with Gasteiger partial charge in [-0.2, -0.15) is 0 Å². The molecule has 9 rings (SSSR count). The summed E-state index contributed by atoms with van der Waals surface area (Å²) in [5, 5.41) is 0. The normalized spacial score (nSPS) is 17.4. The van der Waals surface area contributed by atoms with Gasteiger partial charge in [0.15, 0.2) is 0 Å². The van der Waals surface area contributed by atoms with Crippen LogP contribution in [-0.4, -0.2) is 39.6 Å². The summed E-state index contributed by atoms with van der Waals surface area (Å²) in [6.45, 7) is 8.56. The Morgan fingerprint density at radius 2 is 0.843 bits per heavy atom. The van der Waals surface area contributed by atoms with Crippen molar-refractivity contribution in [2.45, 2.75) is 19.3 Å². The third kappa shape index (κ3) is 5.45. The number of hydrogen-bond donors (Lipinski definition) is 0. The van der Waals surface area contributed by atoms with Crippen molar-refractivity contribution < 1.29 is 18.9 Å². The maximum Gasteiger partial charge on any atom is 0.127 e. The Labute approximate surface area is 300 Å². The van der Waals surface area contributed by atoms with E-state index in [-0.39, 0.29) is 10.8 Å². The van der Waals surface area contributed by atoms with Crippen LogP contribution in [0, 0.1) is 10.8 Å².